The van der Waals surface area contributed by atoms with Crippen molar-refractivity contribution in [1.82, 2.24) is 0 Å². The van der Waals surface area contributed by atoms with Gasteiger partial charge in [0.1, 0.15) is 0 Å². The maximum absolute atomic E-state index is 5.65. The number of ether oxygens (including phenoxy) is 1. The minimum absolute atomic E-state index is 0.400. The Balaban J connectivity index is 1.96. The van der Waals surface area contributed by atoms with E-state index >= 15 is 0 Å². The van der Waals surface area contributed by atoms with Crippen LogP contribution in [0.25, 0.3) is 0 Å². The predicted molar refractivity (Wildman–Crippen MR) is 36.3 cm³/mol. The minimum atomic E-state index is 0.400. The summed E-state index contributed by atoms with van der Waals surface area (Å²) in [6.07, 6.45) is 5.27. The molecule has 9 heavy (non-hydrogen) atoms. The van der Waals surface area contributed by atoms with Gasteiger partial charge < -0.3 is 4.74 Å². The molecule has 1 heterocycles. The summed E-state index contributed by atoms with van der Waals surface area (Å²) >= 11 is 0. The molecule has 1 heteroatoms. The molecule has 1 atom stereocenters. The Hall–Kier alpha value is -0.0400. The van der Waals surface area contributed by atoms with Crippen molar-refractivity contribution in [2.24, 2.45) is 5.92 Å². The molecular weight excluding hydrogens is 112 g/mol. The van der Waals surface area contributed by atoms with E-state index in [9.17, 15) is 0 Å². The van der Waals surface area contributed by atoms with Crippen LogP contribution in [0.4, 0.5) is 0 Å². The Kier molecular flexibility index (Phi) is 1.10. The zero-order valence-corrected chi connectivity index (χ0v) is 6.02. The van der Waals surface area contributed by atoms with Crippen LogP contribution in [0.5, 0.6) is 0 Å². The average molecular weight is 126 g/mol. The van der Waals surface area contributed by atoms with E-state index in [1.165, 1.54) is 25.7 Å². The summed E-state index contributed by atoms with van der Waals surface area (Å²) in [7, 11) is 0. The minimum Gasteiger partial charge on any atom is -0.375 e. The lowest BCUT2D eigenvalue weighted by Gasteiger charge is -2.26. The van der Waals surface area contributed by atoms with E-state index in [0.717, 1.165) is 12.5 Å². The Morgan fingerprint density at radius 3 is 2.67 bits per heavy atom. The van der Waals surface area contributed by atoms with Gasteiger partial charge in [0.05, 0.1) is 5.60 Å². The molecule has 0 aromatic rings. The molecule has 1 aliphatic heterocycles. The predicted octanol–water partition coefficient (Wildman–Crippen LogP) is 1.97. The first-order chi connectivity index (χ1) is 4.31. The van der Waals surface area contributed by atoms with Crippen molar-refractivity contribution in [3.63, 3.8) is 0 Å². The van der Waals surface area contributed by atoms with E-state index in [2.05, 4.69) is 6.92 Å². The number of hydrogen-bond acceptors (Lipinski definition) is 1. The lowest BCUT2D eigenvalue weighted by molar-refractivity contribution is -0.0243. The van der Waals surface area contributed by atoms with Gasteiger partial charge >= 0.3 is 0 Å². The Morgan fingerprint density at radius 2 is 2.22 bits per heavy atom. The van der Waals surface area contributed by atoms with Crippen molar-refractivity contribution >= 4 is 0 Å². The number of hydrogen-bond donors (Lipinski definition) is 0. The number of rotatable bonds is 0. The van der Waals surface area contributed by atoms with Gasteiger partial charge in [-0.1, -0.05) is 6.92 Å². The van der Waals surface area contributed by atoms with Gasteiger partial charge in [-0.15, -0.1) is 0 Å². The molecule has 2 aliphatic rings. The molecule has 52 valence electrons. The van der Waals surface area contributed by atoms with Gasteiger partial charge in [0.15, 0.2) is 0 Å². The van der Waals surface area contributed by atoms with Crippen LogP contribution in [0.3, 0.4) is 0 Å². The van der Waals surface area contributed by atoms with Crippen LogP contribution >= 0.6 is 0 Å². The molecule has 1 saturated heterocycles. The summed E-state index contributed by atoms with van der Waals surface area (Å²) in [6.45, 7) is 3.35. The van der Waals surface area contributed by atoms with E-state index in [0.29, 0.717) is 5.60 Å². The van der Waals surface area contributed by atoms with Crippen molar-refractivity contribution in [3.8, 4) is 0 Å². The molecule has 0 N–H and O–H groups in total. The van der Waals surface area contributed by atoms with Crippen LogP contribution < -0.4 is 0 Å². The third kappa shape index (κ3) is 0.983. The molecular formula is C8H14O. The molecule has 1 saturated carbocycles. The van der Waals surface area contributed by atoms with Gasteiger partial charge in [-0.05, 0) is 31.6 Å². The van der Waals surface area contributed by atoms with Gasteiger partial charge in [0.25, 0.3) is 0 Å². The molecule has 0 amide bonds. The average Bonchev–Trinajstić information content (AvgIpc) is 2.49. The van der Waals surface area contributed by atoms with E-state index in [-0.39, 0.29) is 0 Å². The molecule has 2 fully saturated rings. The van der Waals surface area contributed by atoms with Crippen molar-refractivity contribution in [2.75, 3.05) is 6.61 Å². The molecule has 0 bridgehead atoms. The van der Waals surface area contributed by atoms with Crippen molar-refractivity contribution in [3.05, 3.63) is 0 Å². The SMILES string of the molecule is C[C@@H]1CCOC2(CC2)C1. The fraction of sp³-hybridized carbons (Fsp3) is 1.00. The molecule has 0 unspecified atom stereocenters. The zero-order valence-electron chi connectivity index (χ0n) is 6.02. The summed E-state index contributed by atoms with van der Waals surface area (Å²) in [5.74, 6) is 0.918. The second-order valence-electron chi connectivity index (χ2n) is 3.63. The molecule has 1 spiro atoms. The molecule has 0 radical (unpaired) electrons. The zero-order chi connectivity index (χ0) is 6.32. The highest BCUT2D eigenvalue weighted by Crippen LogP contribution is 2.47. The summed E-state index contributed by atoms with van der Waals surface area (Å²) in [6, 6.07) is 0. The standard InChI is InChI=1S/C8H14O/c1-7-2-5-9-8(6-7)3-4-8/h7H,2-6H2,1H3/t7-/m1/s1. The van der Waals surface area contributed by atoms with E-state index in [1.807, 2.05) is 0 Å². The van der Waals surface area contributed by atoms with Crippen molar-refractivity contribution in [1.29, 1.82) is 0 Å². The van der Waals surface area contributed by atoms with Gasteiger partial charge in [0, 0.05) is 6.61 Å². The van der Waals surface area contributed by atoms with Crippen LogP contribution in [0, 0.1) is 5.92 Å². The Labute approximate surface area is 56.4 Å². The molecule has 0 aromatic heterocycles. The lowest BCUT2D eigenvalue weighted by atomic mass is 9.96. The summed E-state index contributed by atoms with van der Waals surface area (Å²) in [5, 5.41) is 0. The van der Waals surface area contributed by atoms with Crippen LogP contribution in [-0.4, -0.2) is 12.2 Å². The summed E-state index contributed by atoms with van der Waals surface area (Å²) in [4.78, 5) is 0. The van der Waals surface area contributed by atoms with E-state index in [4.69, 9.17) is 4.74 Å². The van der Waals surface area contributed by atoms with Crippen LogP contribution in [0.2, 0.25) is 0 Å². The van der Waals surface area contributed by atoms with Gasteiger partial charge in [-0.3, -0.25) is 0 Å². The first kappa shape index (κ1) is 5.72. The lowest BCUT2D eigenvalue weighted by Crippen LogP contribution is -2.25. The van der Waals surface area contributed by atoms with Gasteiger partial charge in [-0.25, -0.2) is 0 Å². The largest absolute Gasteiger partial charge is 0.375 e. The first-order valence-electron chi connectivity index (χ1n) is 3.95. The van der Waals surface area contributed by atoms with Crippen molar-refractivity contribution in [2.45, 2.75) is 38.2 Å². The maximum Gasteiger partial charge on any atom is 0.0687 e. The Morgan fingerprint density at radius 1 is 1.44 bits per heavy atom. The first-order valence-corrected chi connectivity index (χ1v) is 3.95. The highest BCUT2D eigenvalue weighted by Gasteiger charge is 2.46. The monoisotopic (exact) mass is 126 g/mol. The normalized spacial score (nSPS) is 39.0. The highest BCUT2D eigenvalue weighted by atomic mass is 16.5. The third-order valence-electron chi connectivity index (χ3n) is 2.55. The summed E-state index contributed by atoms with van der Waals surface area (Å²) in [5.41, 5.74) is 0.400. The van der Waals surface area contributed by atoms with Gasteiger partial charge in [0.2, 0.25) is 0 Å². The quantitative estimate of drug-likeness (QED) is 0.482. The molecule has 0 aromatic carbocycles. The molecule has 2 rings (SSSR count). The maximum atomic E-state index is 5.65. The fourth-order valence-corrected chi connectivity index (χ4v) is 1.76. The highest BCUT2D eigenvalue weighted by molar-refractivity contribution is 4.98. The van der Waals surface area contributed by atoms with Gasteiger partial charge in [-0.2, -0.15) is 0 Å². The van der Waals surface area contributed by atoms with E-state index < -0.39 is 0 Å². The molecule has 1 nitrogen and oxygen atoms in total. The van der Waals surface area contributed by atoms with E-state index in [1.54, 1.807) is 0 Å². The second kappa shape index (κ2) is 1.72. The van der Waals surface area contributed by atoms with Crippen LogP contribution in [0.15, 0.2) is 0 Å². The van der Waals surface area contributed by atoms with Crippen molar-refractivity contribution < 1.29 is 4.74 Å². The van der Waals surface area contributed by atoms with Crippen LogP contribution in [0.1, 0.15) is 32.6 Å². The Bertz CT molecular complexity index is 116. The smallest absolute Gasteiger partial charge is 0.0687 e. The second-order valence-corrected chi connectivity index (χ2v) is 3.63. The topological polar surface area (TPSA) is 9.23 Å². The third-order valence-corrected chi connectivity index (χ3v) is 2.55. The fourth-order valence-electron chi connectivity index (χ4n) is 1.76. The summed E-state index contributed by atoms with van der Waals surface area (Å²) < 4.78 is 5.65. The molecule has 1 aliphatic carbocycles. The van der Waals surface area contributed by atoms with Crippen LogP contribution in [-0.2, 0) is 4.74 Å².